The van der Waals surface area contributed by atoms with Gasteiger partial charge in [0, 0.05) is 17.0 Å². The first-order valence-electron chi connectivity index (χ1n) is 10.2. The number of ether oxygens (including phenoxy) is 1. The van der Waals surface area contributed by atoms with Crippen LogP contribution in [0.3, 0.4) is 0 Å². The Kier molecular flexibility index (Phi) is 7.55. The number of halogens is 3. The van der Waals surface area contributed by atoms with Gasteiger partial charge in [0.05, 0.1) is 12.3 Å². The highest BCUT2D eigenvalue weighted by atomic mass is 79.9. The van der Waals surface area contributed by atoms with Gasteiger partial charge in [0.2, 0.25) is 0 Å². The second kappa shape index (κ2) is 9.96. The molecule has 1 atom stereocenters. The van der Waals surface area contributed by atoms with Gasteiger partial charge in [-0.1, -0.05) is 35.9 Å². The van der Waals surface area contributed by atoms with Gasteiger partial charge in [-0.25, -0.2) is 14.2 Å². The number of carbonyl (C=O) groups excluding carboxylic acids is 1. The molecule has 3 aromatic rings. The van der Waals surface area contributed by atoms with Crippen molar-refractivity contribution in [1.82, 2.24) is 9.55 Å². The predicted octanol–water partition coefficient (Wildman–Crippen LogP) is 6.88. The highest BCUT2D eigenvalue weighted by Crippen LogP contribution is 2.36. The van der Waals surface area contributed by atoms with Crippen molar-refractivity contribution in [2.24, 2.45) is 0 Å². The minimum atomic E-state index is -0.466. The molecule has 164 valence electrons. The number of rotatable bonds is 7. The van der Waals surface area contributed by atoms with E-state index in [-0.39, 0.29) is 30.1 Å². The molecule has 1 aromatic heterocycles. The number of hydrogen-bond donors (Lipinski definition) is 0. The van der Waals surface area contributed by atoms with Gasteiger partial charge in [0.15, 0.2) is 10.4 Å². The Morgan fingerprint density at radius 1 is 1.23 bits per heavy atom. The molecule has 0 saturated carbocycles. The minimum Gasteiger partial charge on any atom is -0.461 e. The molecule has 2 aromatic carbocycles. The lowest BCUT2D eigenvalue weighted by Gasteiger charge is -2.23. The molecule has 1 unspecified atom stereocenters. The first-order chi connectivity index (χ1) is 14.7. The van der Waals surface area contributed by atoms with Crippen molar-refractivity contribution in [2.75, 3.05) is 6.61 Å². The summed E-state index contributed by atoms with van der Waals surface area (Å²) < 4.78 is 21.7. The highest BCUT2D eigenvalue weighted by Gasteiger charge is 2.31. The maximum absolute atomic E-state index is 13.9. The Morgan fingerprint density at radius 3 is 2.48 bits per heavy atom. The summed E-state index contributed by atoms with van der Waals surface area (Å²) in [6.07, 6.45) is 0.556. The molecule has 0 amide bonds. The molecule has 0 saturated heterocycles. The first kappa shape index (κ1) is 23.5. The van der Waals surface area contributed by atoms with Crippen LogP contribution in [0.1, 0.15) is 65.6 Å². The Hall–Kier alpha value is -2.18. The van der Waals surface area contributed by atoms with Crippen LogP contribution in [0.15, 0.2) is 47.2 Å². The molecule has 0 radical (unpaired) electrons. The van der Waals surface area contributed by atoms with Gasteiger partial charge in [0.25, 0.3) is 0 Å². The van der Waals surface area contributed by atoms with Gasteiger partial charge in [-0.3, -0.25) is 0 Å². The summed E-state index contributed by atoms with van der Waals surface area (Å²) in [6.45, 7) is 7.84. The lowest BCUT2D eigenvalue weighted by atomic mass is 9.87. The maximum Gasteiger partial charge on any atom is 0.358 e. The van der Waals surface area contributed by atoms with Gasteiger partial charge >= 0.3 is 5.97 Å². The largest absolute Gasteiger partial charge is 0.461 e. The average molecular weight is 508 g/mol. The fourth-order valence-corrected chi connectivity index (χ4v) is 4.63. The van der Waals surface area contributed by atoms with Crippen LogP contribution in [0.5, 0.6) is 0 Å². The molecule has 0 spiro atoms. The maximum atomic E-state index is 13.9. The van der Waals surface area contributed by atoms with Crippen molar-refractivity contribution < 1.29 is 13.9 Å². The van der Waals surface area contributed by atoms with E-state index in [1.165, 1.54) is 6.07 Å². The van der Waals surface area contributed by atoms with Crippen LogP contribution in [-0.2, 0) is 11.2 Å². The Bertz CT molecular complexity index is 1080. The van der Waals surface area contributed by atoms with Crippen LogP contribution >= 0.6 is 27.5 Å². The zero-order valence-corrected chi connectivity index (χ0v) is 20.3. The fourth-order valence-electron chi connectivity index (χ4n) is 3.73. The third-order valence-corrected chi connectivity index (χ3v) is 5.97. The van der Waals surface area contributed by atoms with Crippen molar-refractivity contribution in [3.8, 4) is 0 Å². The van der Waals surface area contributed by atoms with Crippen LogP contribution in [0, 0.1) is 12.7 Å². The van der Waals surface area contributed by atoms with Gasteiger partial charge in [-0.2, -0.15) is 0 Å². The standard InChI is InChI=1S/C24H25BrClFN2O2/c1-5-31-23(30)21-22(29(14(2)3)24(25)28-21)19(17-7-9-18(26)10-8-17)13-16-6-11-20(27)15(4)12-16/h6-12,14,19H,5,13H2,1-4H3. The van der Waals surface area contributed by atoms with Gasteiger partial charge < -0.3 is 9.30 Å². The average Bonchev–Trinajstić information content (AvgIpc) is 3.07. The number of aromatic nitrogens is 2. The number of esters is 1. The molecule has 0 aliphatic carbocycles. The monoisotopic (exact) mass is 506 g/mol. The summed E-state index contributed by atoms with van der Waals surface area (Å²) in [5.41, 5.74) is 3.55. The molecule has 3 rings (SSSR count). The quantitative estimate of drug-likeness (QED) is 0.327. The Balaban J connectivity index is 2.22. The topological polar surface area (TPSA) is 44.1 Å². The second-order valence-electron chi connectivity index (χ2n) is 7.69. The molecule has 1 heterocycles. The summed E-state index contributed by atoms with van der Waals surface area (Å²) in [6, 6.07) is 12.7. The van der Waals surface area contributed by atoms with Crippen LogP contribution in [0.25, 0.3) is 0 Å². The van der Waals surface area contributed by atoms with E-state index >= 15 is 0 Å². The number of imidazole rings is 1. The molecular formula is C24H25BrClFN2O2. The fraction of sp³-hybridized carbons (Fsp3) is 0.333. The van der Waals surface area contributed by atoms with Crippen molar-refractivity contribution in [2.45, 2.75) is 46.1 Å². The predicted molar refractivity (Wildman–Crippen MR) is 124 cm³/mol. The van der Waals surface area contributed by atoms with E-state index in [2.05, 4.69) is 20.9 Å². The van der Waals surface area contributed by atoms with E-state index in [0.29, 0.717) is 21.7 Å². The van der Waals surface area contributed by atoms with Crippen molar-refractivity contribution in [1.29, 1.82) is 0 Å². The number of carbonyl (C=O) groups is 1. The van der Waals surface area contributed by atoms with Gasteiger partial charge in [-0.05, 0) is 84.9 Å². The number of aryl methyl sites for hydroxylation is 1. The number of benzene rings is 2. The van der Waals surface area contributed by atoms with Gasteiger partial charge in [-0.15, -0.1) is 0 Å². The van der Waals surface area contributed by atoms with Crippen molar-refractivity contribution >= 4 is 33.5 Å². The van der Waals surface area contributed by atoms with E-state index in [4.69, 9.17) is 16.3 Å². The van der Waals surface area contributed by atoms with E-state index in [1.807, 2.05) is 48.7 Å². The molecule has 4 nitrogen and oxygen atoms in total. The summed E-state index contributed by atoms with van der Waals surface area (Å²) >= 11 is 9.65. The van der Waals surface area contributed by atoms with Crippen LogP contribution in [-0.4, -0.2) is 22.1 Å². The summed E-state index contributed by atoms with van der Waals surface area (Å²) in [5.74, 6) is -0.927. The van der Waals surface area contributed by atoms with E-state index in [0.717, 1.165) is 16.8 Å². The van der Waals surface area contributed by atoms with Crippen molar-refractivity contribution in [3.63, 3.8) is 0 Å². The van der Waals surface area contributed by atoms with E-state index < -0.39 is 5.97 Å². The normalized spacial score (nSPS) is 12.3. The number of hydrogen-bond acceptors (Lipinski definition) is 3. The lowest BCUT2D eigenvalue weighted by molar-refractivity contribution is 0.0518. The van der Waals surface area contributed by atoms with Crippen LogP contribution in [0.2, 0.25) is 5.02 Å². The Morgan fingerprint density at radius 2 is 1.90 bits per heavy atom. The molecule has 0 aliphatic rings. The van der Waals surface area contributed by atoms with Gasteiger partial charge in [0.1, 0.15) is 5.82 Å². The summed E-state index contributed by atoms with van der Waals surface area (Å²) in [7, 11) is 0. The molecule has 0 N–H and O–H groups in total. The third-order valence-electron chi connectivity index (χ3n) is 5.15. The van der Waals surface area contributed by atoms with Crippen LogP contribution < -0.4 is 0 Å². The zero-order chi connectivity index (χ0) is 22.7. The Labute approximate surface area is 195 Å². The third kappa shape index (κ3) is 5.18. The molecular weight excluding hydrogens is 483 g/mol. The minimum absolute atomic E-state index is 0.0461. The molecule has 7 heteroatoms. The summed E-state index contributed by atoms with van der Waals surface area (Å²) in [5, 5.41) is 0.629. The molecule has 31 heavy (non-hydrogen) atoms. The molecule has 0 fully saturated rings. The highest BCUT2D eigenvalue weighted by molar-refractivity contribution is 9.10. The van der Waals surface area contributed by atoms with Crippen LogP contribution in [0.4, 0.5) is 4.39 Å². The second-order valence-corrected chi connectivity index (χ2v) is 8.84. The first-order valence-corrected chi connectivity index (χ1v) is 11.3. The molecule has 0 bridgehead atoms. The SMILES string of the molecule is CCOC(=O)c1nc(Br)n(C(C)C)c1C(Cc1ccc(F)c(C)c1)c1ccc(Cl)cc1. The molecule has 0 aliphatic heterocycles. The van der Waals surface area contributed by atoms with E-state index in [9.17, 15) is 9.18 Å². The summed E-state index contributed by atoms with van der Waals surface area (Å²) in [4.78, 5) is 17.3. The lowest BCUT2D eigenvalue weighted by Crippen LogP contribution is -2.18. The number of nitrogens with zero attached hydrogens (tertiary/aromatic N) is 2. The smallest absolute Gasteiger partial charge is 0.358 e. The zero-order valence-electron chi connectivity index (χ0n) is 18.0. The van der Waals surface area contributed by atoms with E-state index in [1.54, 1.807) is 19.9 Å². The van der Waals surface area contributed by atoms with Crippen molar-refractivity contribution in [3.05, 3.63) is 86.1 Å².